The first-order chi connectivity index (χ1) is 11.1. The second kappa shape index (κ2) is 5.45. The first-order valence-electron chi connectivity index (χ1n) is 7.84. The summed E-state index contributed by atoms with van der Waals surface area (Å²) in [5.74, 6) is -0.0790. The van der Waals surface area contributed by atoms with Crippen LogP contribution in [0.3, 0.4) is 0 Å². The van der Waals surface area contributed by atoms with Gasteiger partial charge in [0.05, 0.1) is 22.4 Å². The minimum absolute atomic E-state index is 0.00450. The van der Waals surface area contributed by atoms with Crippen molar-refractivity contribution in [2.75, 3.05) is 0 Å². The third-order valence-electron chi connectivity index (χ3n) is 4.29. The van der Waals surface area contributed by atoms with E-state index in [0.717, 1.165) is 41.3 Å². The molecule has 1 aliphatic rings. The number of carbonyl (C=O) groups is 1. The third kappa shape index (κ3) is 2.43. The van der Waals surface area contributed by atoms with E-state index in [1.165, 1.54) is 4.88 Å². The fourth-order valence-electron chi connectivity index (χ4n) is 3.29. The number of nitrogens with zero attached hydrogens (tertiary/aromatic N) is 3. The van der Waals surface area contributed by atoms with Crippen molar-refractivity contribution in [1.29, 1.82) is 0 Å². The normalized spacial score (nSPS) is 17.2. The molecule has 0 unspecified atom stereocenters. The van der Waals surface area contributed by atoms with Gasteiger partial charge in [-0.15, -0.1) is 11.3 Å². The number of aromatic nitrogens is 3. The van der Waals surface area contributed by atoms with Crippen molar-refractivity contribution in [1.82, 2.24) is 19.7 Å². The van der Waals surface area contributed by atoms with E-state index in [0.29, 0.717) is 5.69 Å². The predicted octanol–water partition coefficient (Wildman–Crippen LogP) is 3.22. The van der Waals surface area contributed by atoms with Crippen LogP contribution in [0.25, 0.3) is 5.65 Å². The molecule has 3 heterocycles. The monoisotopic (exact) mass is 326 g/mol. The van der Waals surface area contributed by atoms with Crippen LogP contribution in [0, 0.1) is 13.8 Å². The molecule has 0 saturated carbocycles. The highest BCUT2D eigenvalue weighted by molar-refractivity contribution is 7.11. The maximum Gasteiger partial charge on any atom is 0.270 e. The van der Waals surface area contributed by atoms with Crippen LogP contribution < -0.4 is 5.32 Å². The van der Waals surface area contributed by atoms with E-state index in [9.17, 15) is 4.79 Å². The zero-order valence-electron chi connectivity index (χ0n) is 13.2. The molecule has 1 N–H and O–H groups in total. The van der Waals surface area contributed by atoms with E-state index in [1.807, 2.05) is 42.6 Å². The Morgan fingerprint density at radius 3 is 3.09 bits per heavy atom. The fraction of sp³-hybridized carbons (Fsp3) is 0.353. The zero-order valence-corrected chi connectivity index (χ0v) is 14.0. The van der Waals surface area contributed by atoms with E-state index in [2.05, 4.69) is 15.3 Å². The lowest BCUT2D eigenvalue weighted by atomic mass is 9.97. The maximum atomic E-state index is 12.8. The number of rotatable bonds is 2. The molecule has 0 aliphatic heterocycles. The Kier molecular flexibility index (Phi) is 3.41. The number of amides is 1. The van der Waals surface area contributed by atoms with E-state index < -0.39 is 0 Å². The highest BCUT2D eigenvalue weighted by atomic mass is 32.1. The van der Waals surface area contributed by atoms with Gasteiger partial charge in [0.1, 0.15) is 11.3 Å². The number of thiazole rings is 1. The molecule has 6 heteroatoms. The van der Waals surface area contributed by atoms with Gasteiger partial charge in [0.15, 0.2) is 0 Å². The maximum absolute atomic E-state index is 12.8. The summed E-state index contributed by atoms with van der Waals surface area (Å²) < 4.78 is 1.85. The molecular weight excluding hydrogens is 308 g/mol. The highest BCUT2D eigenvalue weighted by Crippen LogP contribution is 2.33. The molecule has 5 nitrogen and oxygen atoms in total. The number of pyridine rings is 1. The molecule has 1 atom stereocenters. The molecule has 0 aromatic carbocycles. The number of hydrogen-bond donors (Lipinski definition) is 1. The van der Waals surface area contributed by atoms with Crippen molar-refractivity contribution in [3.63, 3.8) is 0 Å². The van der Waals surface area contributed by atoms with E-state index in [1.54, 1.807) is 11.3 Å². The molecule has 0 fully saturated rings. The topological polar surface area (TPSA) is 59.3 Å². The Balaban J connectivity index is 1.67. The average Bonchev–Trinajstić information content (AvgIpc) is 3.06. The fourth-order valence-corrected chi connectivity index (χ4v) is 4.33. The van der Waals surface area contributed by atoms with Crippen molar-refractivity contribution < 1.29 is 4.79 Å². The van der Waals surface area contributed by atoms with Crippen molar-refractivity contribution >= 4 is 22.9 Å². The van der Waals surface area contributed by atoms with Gasteiger partial charge in [0.2, 0.25) is 0 Å². The molecule has 0 radical (unpaired) electrons. The van der Waals surface area contributed by atoms with Gasteiger partial charge in [0, 0.05) is 11.1 Å². The Morgan fingerprint density at radius 2 is 2.22 bits per heavy atom. The quantitative estimate of drug-likeness (QED) is 0.786. The van der Waals surface area contributed by atoms with Crippen LogP contribution in [0.2, 0.25) is 0 Å². The van der Waals surface area contributed by atoms with Crippen LogP contribution >= 0.6 is 11.3 Å². The molecule has 23 heavy (non-hydrogen) atoms. The molecule has 4 rings (SSSR count). The lowest BCUT2D eigenvalue weighted by molar-refractivity contribution is 0.0925. The van der Waals surface area contributed by atoms with Crippen molar-refractivity contribution in [2.45, 2.75) is 39.2 Å². The minimum Gasteiger partial charge on any atom is -0.342 e. The van der Waals surface area contributed by atoms with Crippen molar-refractivity contribution in [3.05, 3.63) is 51.4 Å². The summed E-state index contributed by atoms with van der Waals surface area (Å²) >= 11 is 1.74. The number of fused-ring (bicyclic) bond motifs is 2. The van der Waals surface area contributed by atoms with Gasteiger partial charge < -0.3 is 5.32 Å². The van der Waals surface area contributed by atoms with Crippen LogP contribution in [0.15, 0.2) is 24.4 Å². The van der Waals surface area contributed by atoms with E-state index >= 15 is 0 Å². The summed E-state index contributed by atoms with van der Waals surface area (Å²) in [6.45, 7) is 3.90. The SMILES string of the molecule is Cc1nc2c(s1)CCC[C@@H]2NC(=O)c1c(C)nc2ccccn12. The Labute approximate surface area is 138 Å². The lowest BCUT2D eigenvalue weighted by Crippen LogP contribution is -2.32. The van der Waals surface area contributed by atoms with Crippen LogP contribution in [0.1, 0.15) is 50.6 Å². The van der Waals surface area contributed by atoms with Crippen molar-refractivity contribution in [3.8, 4) is 0 Å². The van der Waals surface area contributed by atoms with Gasteiger partial charge in [-0.2, -0.15) is 0 Å². The molecule has 3 aromatic rings. The van der Waals surface area contributed by atoms with Gasteiger partial charge in [-0.25, -0.2) is 9.97 Å². The lowest BCUT2D eigenvalue weighted by Gasteiger charge is -2.22. The number of nitrogens with one attached hydrogen (secondary N) is 1. The minimum atomic E-state index is -0.0790. The second-order valence-electron chi connectivity index (χ2n) is 5.93. The van der Waals surface area contributed by atoms with Gasteiger partial charge in [-0.3, -0.25) is 9.20 Å². The summed E-state index contributed by atoms with van der Waals surface area (Å²) in [5.41, 5.74) is 3.21. The van der Waals surface area contributed by atoms with Crippen LogP contribution in [-0.4, -0.2) is 20.3 Å². The van der Waals surface area contributed by atoms with Crippen LogP contribution in [-0.2, 0) is 6.42 Å². The Bertz CT molecular complexity index is 895. The van der Waals surface area contributed by atoms with Gasteiger partial charge in [0.25, 0.3) is 5.91 Å². The Morgan fingerprint density at radius 1 is 1.35 bits per heavy atom. The number of hydrogen-bond acceptors (Lipinski definition) is 4. The second-order valence-corrected chi connectivity index (χ2v) is 7.22. The van der Waals surface area contributed by atoms with Gasteiger partial charge in [-0.05, 0) is 45.2 Å². The number of carbonyl (C=O) groups excluding carboxylic acids is 1. The number of imidazole rings is 1. The molecule has 1 amide bonds. The van der Waals surface area contributed by atoms with Gasteiger partial charge >= 0.3 is 0 Å². The summed E-state index contributed by atoms with van der Waals surface area (Å²) in [5, 5.41) is 4.24. The largest absolute Gasteiger partial charge is 0.342 e. The average molecular weight is 326 g/mol. The van der Waals surface area contributed by atoms with Crippen LogP contribution in [0.4, 0.5) is 0 Å². The van der Waals surface area contributed by atoms with Crippen LogP contribution in [0.5, 0.6) is 0 Å². The van der Waals surface area contributed by atoms with Crippen molar-refractivity contribution in [2.24, 2.45) is 0 Å². The molecule has 1 aliphatic carbocycles. The highest BCUT2D eigenvalue weighted by Gasteiger charge is 2.27. The summed E-state index contributed by atoms with van der Waals surface area (Å²) in [6, 6.07) is 5.75. The van der Waals surface area contributed by atoms with Gasteiger partial charge in [-0.1, -0.05) is 6.07 Å². The Hall–Kier alpha value is -2.21. The summed E-state index contributed by atoms with van der Waals surface area (Å²) in [6.07, 6.45) is 4.98. The standard InChI is InChI=1S/C17H18N4OS/c1-10-16(21-9-4-3-8-14(21)18-10)17(22)20-12-6-5-7-13-15(12)19-11(2)23-13/h3-4,8-9,12H,5-7H2,1-2H3,(H,20,22)/t12-/m0/s1. The molecule has 3 aromatic heterocycles. The first kappa shape index (κ1) is 14.4. The third-order valence-corrected chi connectivity index (χ3v) is 5.33. The first-order valence-corrected chi connectivity index (χ1v) is 8.66. The molecular formula is C17H18N4OS. The molecule has 0 saturated heterocycles. The summed E-state index contributed by atoms with van der Waals surface area (Å²) in [7, 11) is 0. The zero-order chi connectivity index (χ0) is 16.0. The predicted molar refractivity (Wildman–Crippen MR) is 89.9 cm³/mol. The molecule has 118 valence electrons. The number of aryl methyl sites for hydroxylation is 3. The van der Waals surface area contributed by atoms with E-state index in [4.69, 9.17) is 0 Å². The molecule has 0 bridgehead atoms. The molecule has 0 spiro atoms. The smallest absolute Gasteiger partial charge is 0.270 e. The van der Waals surface area contributed by atoms with E-state index in [-0.39, 0.29) is 11.9 Å². The summed E-state index contributed by atoms with van der Waals surface area (Å²) in [4.78, 5) is 23.2.